The molecule has 0 amide bonds. The zero-order valence-electron chi connectivity index (χ0n) is 17.3. The SMILES string of the molecule is CN(Cc1ccc(OC(C(=O)O)c2cccc(C#N)c2)cc1)S(=O)(=O)c1ccc(Cl)c(Cl)c1. The molecule has 33 heavy (non-hydrogen) atoms. The molecule has 0 heterocycles. The molecule has 0 saturated heterocycles. The lowest BCUT2D eigenvalue weighted by Gasteiger charge is -2.19. The Morgan fingerprint density at radius 1 is 1.09 bits per heavy atom. The molecule has 10 heteroatoms. The summed E-state index contributed by atoms with van der Waals surface area (Å²) in [5.41, 5.74) is 1.31. The molecule has 0 bridgehead atoms. The standard InChI is InChI=1S/C23H18Cl2N2O5S/c1-27(33(30,31)19-9-10-20(24)21(25)12-19)14-15-5-7-18(8-6-15)32-22(23(28)29)17-4-2-3-16(11-17)13-26/h2-12,22H,14H2,1H3,(H,28,29). The average molecular weight is 505 g/mol. The van der Waals surface area contributed by atoms with Crippen LogP contribution in [0.5, 0.6) is 5.75 Å². The highest BCUT2D eigenvalue weighted by Crippen LogP contribution is 2.27. The van der Waals surface area contributed by atoms with Crippen molar-refractivity contribution >= 4 is 39.2 Å². The summed E-state index contributed by atoms with van der Waals surface area (Å²) in [7, 11) is -2.37. The number of aliphatic carboxylic acids is 1. The van der Waals surface area contributed by atoms with Gasteiger partial charge in [-0.05, 0) is 48.0 Å². The van der Waals surface area contributed by atoms with Gasteiger partial charge in [-0.2, -0.15) is 9.57 Å². The molecular formula is C23H18Cl2N2O5S. The maximum absolute atomic E-state index is 12.8. The zero-order valence-corrected chi connectivity index (χ0v) is 19.6. The van der Waals surface area contributed by atoms with Gasteiger partial charge in [0.05, 0.1) is 26.6 Å². The number of nitrogens with zero attached hydrogens (tertiary/aromatic N) is 2. The van der Waals surface area contributed by atoms with E-state index in [0.717, 1.165) is 4.31 Å². The topological polar surface area (TPSA) is 108 Å². The minimum atomic E-state index is -3.80. The van der Waals surface area contributed by atoms with Gasteiger partial charge in [-0.3, -0.25) is 0 Å². The van der Waals surface area contributed by atoms with E-state index in [4.69, 9.17) is 33.2 Å². The molecule has 0 radical (unpaired) electrons. The van der Waals surface area contributed by atoms with Gasteiger partial charge in [-0.25, -0.2) is 13.2 Å². The normalized spacial score (nSPS) is 12.2. The Bertz CT molecular complexity index is 1320. The number of ether oxygens (including phenoxy) is 1. The molecule has 3 aromatic carbocycles. The monoisotopic (exact) mass is 504 g/mol. The molecule has 0 fully saturated rings. The lowest BCUT2D eigenvalue weighted by atomic mass is 10.1. The number of nitriles is 1. The van der Waals surface area contributed by atoms with Crippen molar-refractivity contribution in [2.75, 3.05) is 7.05 Å². The summed E-state index contributed by atoms with van der Waals surface area (Å²) in [5, 5.41) is 19.0. The summed E-state index contributed by atoms with van der Waals surface area (Å²) >= 11 is 11.8. The van der Waals surface area contributed by atoms with Crippen molar-refractivity contribution in [3.8, 4) is 11.8 Å². The molecule has 1 atom stereocenters. The first kappa shape index (κ1) is 24.6. The van der Waals surface area contributed by atoms with Crippen LogP contribution in [0.2, 0.25) is 10.0 Å². The number of carboxylic acid groups (broad SMARTS) is 1. The minimum absolute atomic E-state index is 0.0169. The highest BCUT2D eigenvalue weighted by atomic mass is 35.5. The number of carbonyl (C=O) groups is 1. The van der Waals surface area contributed by atoms with E-state index in [0.29, 0.717) is 16.7 Å². The van der Waals surface area contributed by atoms with Gasteiger partial charge in [-0.15, -0.1) is 0 Å². The third-order valence-corrected chi connectivity index (χ3v) is 7.26. The number of rotatable bonds is 8. The van der Waals surface area contributed by atoms with E-state index in [1.165, 1.54) is 31.3 Å². The summed E-state index contributed by atoms with van der Waals surface area (Å²) in [5.74, 6) is -0.926. The van der Waals surface area contributed by atoms with Gasteiger partial charge in [-0.1, -0.05) is 47.5 Å². The van der Waals surface area contributed by atoms with Crippen LogP contribution in [-0.2, 0) is 21.4 Å². The van der Waals surface area contributed by atoms with Crippen LogP contribution in [0, 0.1) is 11.3 Å². The van der Waals surface area contributed by atoms with Crippen LogP contribution < -0.4 is 4.74 Å². The molecule has 0 aliphatic heterocycles. The maximum Gasteiger partial charge on any atom is 0.349 e. The number of hydrogen-bond donors (Lipinski definition) is 1. The molecule has 0 aromatic heterocycles. The summed E-state index contributed by atoms with van der Waals surface area (Å²) in [4.78, 5) is 11.7. The van der Waals surface area contributed by atoms with E-state index in [1.807, 2.05) is 6.07 Å². The quantitative estimate of drug-likeness (QED) is 0.467. The fraction of sp³-hybridized carbons (Fsp3) is 0.130. The van der Waals surface area contributed by atoms with E-state index in [9.17, 15) is 18.3 Å². The van der Waals surface area contributed by atoms with E-state index < -0.39 is 22.1 Å². The summed E-state index contributed by atoms with van der Waals surface area (Å²) in [6, 6.07) is 18.6. The van der Waals surface area contributed by atoms with Crippen LogP contribution in [0.4, 0.5) is 0 Å². The van der Waals surface area contributed by atoms with Crippen LogP contribution in [0.15, 0.2) is 71.6 Å². The van der Waals surface area contributed by atoms with Gasteiger partial charge in [0.2, 0.25) is 16.1 Å². The van der Waals surface area contributed by atoms with Gasteiger partial charge in [0.25, 0.3) is 0 Å². The van der Waals surface area contributed by atoms with Crippen LogP contribution >= 0.6 is 23.2 Å². The number of benzene rings is 3. The Hall–Kier alpha value is -3.09. The highest BCUT2D eigenvalue weighted by molar-refractivity contribution is 7.89. The zero-order chi connectivity index (χ0) is 24.2. The van der Waals surface area contributed by atoms with Crippen LogP contribution in [0.1, 0.15) is 22.8 Å². The van der Waals surface area contributed by atoms with Crippen molar-refractivity contribution in [1.29, 1.82) is 5.26 Å². The van der Waals surface area contributed by atoms with Crippen molar-refractivity contribution in [2.45, 2.75) is 17.5 Å². The van der Waals surface area contributed by atoms with Gasteiger partial charge < -0.3 is 9.84 Å². The predicted octanol–water partition coefficient (Wildman–Crippen LogP) is 4.89. The fourth-order valence-electron chi connectivity index (χ4n) is 3.00. The van der Waals surface area contributed by atoms with E-state index in [1.54, 1.807) is 42.5 Å². The minimum Gasteiger partial charge on any atom is -0.478 e. The number of halogens is 2. The Labute approximate surface area is 201 Å². The molecule has 1 unspecified atom stereocenters. The molecule has 0 aliphatic carbocycles. The van der Waals surface area contributed by atoms with Crippen molar-refractivity contribution in [1.82, 2.24) is 4.31 Å². The van der Waals surface area contributed by atoms with Crippen LogP contribution in [0.3, 0.4) is 0 Å². The molecule has 7 nitrogen and oxygen atoms in total. The Balaban J connectivity index is 1.74. The van der Waals surface area contributed by atoms with Gasteiger partial charge in [0.15, 0.2) is 0 Å². The lowest BCUT2D eigenvalue weighted by Crippen LogP contribution is -2.26. The second kappa shape index (κ2) is 10.2. The van der Waals surface area contributed by atoms with E-state index >= 15 is 0 Å². The van der Waals surface area contributed by atoms with Crippen LogP contribution in [-0.4, -0.2) is 30.8 Å². The summed E-state index contributed by atoms with van der Waals surface area (Å²) in [6.07, 6.45) is -1.30. The molecule has 0 saturated carbocycles. The van der Waals surface area contributed by atoms with Crippen molar-refractivity contribution in [2.24, 2.45) is 0 Å². The second-order valence-corrected chi connectivity index (χ2v) is 9.91. The molecule has 3 aromatic rings. The lowest BCUT2D eigenvalue weighted by molar-refractivity contribution is -0.145. The number of carboxylic acids is 1. The Morgan fingerprint density at radius 2 is 1.79 bits per heavy atom. The molecule has 170 valence electrons. The molecule has 0 aliphatic rings. The number of sulfonamides is 1. The average Bonchev–Trinajstić information content (AvgIpc) is 2.80. The van der Waals surface area contributed by atoms with Crippen molar-refractivity contribution in [3.63, 3.8) is 0 Å². The predicted molar refractivity (Wildman–Crippen MR) is 124 cm³/mol. The summed E-state index contributed by atoms with van der Waals surface area (Å²) in [6.45, 7) is 0.0649. The van der Waals surface area contributed by atoms with Crippen molar-refractivity contribution in [3.05, 3.63) is 93.5 Å². The third-order valence-electron chi connectivity index (χ3n) is 4.72. The Morgan fingerprint density at radius 3 is 2.39 bits per heavy atom. The molecule has 1 N–H and O–H groups in total. The first-order valence-corrected chi connectivity index (χ1v) is 11.7. The van der Waals surface area contributed by atoms with E-state index in [-0.39, 0.29) is 27.2 Å². The molecule has 3 rings (SSSR count). The molecular weight excluding hydrogens is 487 g/mol. The second-order valence-electron chi connectivity index (χ2n) is 7.05. The molecule has 0 spiro atoms. The first-order valence-electron chi connectivity index (χ1n) is 9.51. The largest absolute Gasteiger partial charge is 0.478 e. The first-order chi connectivity index (χ1) is 15.6. The number of hydrogen-bond acceptors (Lipinski definition) is 5. The third kappa shape index (κ3) is 5.83. The van der Waals surface area contributed by atoms with Gasteiger partial charge in [0.1, 0.15) is 5.75 Å². The van der Waals surface area contributed by atoms with Gasteiger partial charge >= 0.3 is 5.97 Å². The van der Waals surface area contributed by atoms with Crippen LogP contribution in [0.25, 0.3) is 0 Å². The Kier molecular flexibility index (Phi) is 7.61. The smallest absolute Gasteiger partial charge is 0.349 e. The maximum atomic E-state index is 12.8. The summed E-state index contributed by atoms with van der Waals surface area (Å²) < 4.78 is 32.4. The van der Waals surface area contributed by atoms with E-state index in [2.05, 4.69) is 0 Å². The fourth-order valence-corrected chi connectivity index (χ4v) is 4.55. The van der Waals surface area contributed by atoms with Crippen molar-refractivity contribution < 1.29 is 23.1 Å². The van der Waals surface area contributed by atoms with Gasteiger partial charge in [0, 0.05) is 19.2 Å². The highest BCUT2D eigenvalue weighted by Gasteiger charge is 2.24.